The van der Waals surface area contributed by atoms with Gasteiger partial charge in [-0.1, -0.05) is 34.8 Å². The van der Waals surface area contributed by atoms with Gasteiger partial charge in [-0.15, -0.1) is 20.4 Å². The molecule has 1 amide bonds. The Morgan fingerprint density at radius 3 is 2.52 bits per heavy atom. The Morgan fingerprint density at radius 2 is 1.81 bits per heavy atom. The van der Waals surface area contributed by atoms with Crippen LogP contribution in [0.25, 0.3) is 23.0 Å². The van der Waals surface area contributed by atoms with E-state index in [4.69, 9.17) is 15.2 Å². The number of tetrazole rings is 1. The van der Waals surface area contributed by atoms with Gasteiger partial charge < -0.3 is 15.2 Å². The normalized spacial score (nSPS) is 10.8. The van der Waals surface area contributed by atoms with Gasteiger partial charge in [0.15, 0.2) is 16.7 Å². The number of ether oxygens (including phenoxy) is 2. The fourth-order valence-electron chi connectivity index (χ4n) is 2.81. The molecule has 31 heavy (non-hydrogen) atoms. The van der Waals surface area contributed by atoms with E-state index in [1.54, 1.807) is 37.0 Å². The molecule has 12 heteroatoms. The molecule has 0 aliphatic carbocycles. The average molecular weight is 438 g/mol. The van der Waals surface area contributed by atoms with Crippen LogP contribution in [0.3, 0.4) is 0 Å². The fourth-order valence-corrected chi connectivity index (χ4v) is 3.50. The number of primary amides is 1. The first kappa shape index (κ1) is 20.3. The number of nitrogens with two attached hydrogens (primary N) is 1. The smallest absolute Gasteiger partial charge is 0.277 e. The molecule has 2 aromatic carbocycles. The van der Waals surface area contributed by atoms with Crippen LogP contribution in [0.5, 0.6) is 11.5 Å². The summed E-state index contributed by atoms with van der Waals surface area (Å²) in [5.74, 6) is 1.44. The van der Waals surface area contributed by atoms with Crippen molar-refractivity contribution in [3.63, 3.8) is 0 Å². The standard InChI is InChI=1S/C19H18N8O3S/c1-29-14-9-8-12(10-15(14)30-2)17-21-25-27(24-17)18-22-23-19(31-11-16(20)28)26(18)13-6-4-3-5-7-13/h3-10H,11H2,1-2H3,(H2,20,28). The number of carbonyl (C=O) groups excluding carboxylic acids is 1. The van der Waals surface area contributed by atoms with E-state index in [2.05, 4.69) is 25.6 Å². The quantitative estimate of drug-likeness (QED) is 0.406. The summed E-state index contributed by atoms with van der Waals surface area (Å²) in [4.78, 5) is 12.5. The van der Waals surface area contributed by atoms with Crippen LogP contribution < -0.4 is 15.2 Å². The minimum Gasteiger partial charge on any atom is -0.493 e. The lowest BCUT2D eigenvalue weighted by Gasteiger charge is -2.08. The highest BCUT2D eigenvalue weighted by molar-refractivity contribution is 7.99. The van der Waals surface area contributed by atoms with Crippen molar-refractivity contribution in [2.45, 2.75) is 5.16 Å². The second-order valence-corrected chi connectivity index (χ2v) is 7.12. The van der Waals surface area contributed by atoms with E-state index in [1.165, 1.54) is 16.6 Å². The molecular formula is C19H18N8O3S. The summed E-state index contributed by atoms with van der Waals surface area (Å²) in [5, 5.41) is 21.6. The molecule has 0 aliphatic heterocycles. The maximum absolute atomic E-state index is 11.2. The number of hydrogen-bond acceptors (Lipinski definition) is 9. The number of benzene rings is 2. The van der Waals surface area contributed by atoms with E-state index in [0.29, 0.717) is 34.0 Å². The average Bonchev–Trinajstić information content (AvgIpc) is 3.45. The molecule has 11 nitrogen and oxygen atoms in total. The van der Waals surface area contributed by atoms with Gasteiger partial charge in [0.2, 0.25) is 11.7 Å². The van der Waals surface area contributed by atoms with E-state index in [0.717, 1.165) is 5.69 Å². The molecule has 0 atom stereocenters. The van der Waals surface area contributed by atoms with Crippen LogP contribution in [0.1, 0.15) is 0 Å². The molecule has 158 valence electrons. The lowest BCUT2D eigenvalue weighted by Crippen LogP contribution is -2.14. The van der Waals surface area contributed by atoms with Crippen LogP contribution in [-0.4, -0.2) is 60.9 Å². The Labute approximate surface area is 181 Å². The lowest BCUT2D eigenvalue weighted by atomic mass is 10.2. The molecular weight excluding hydrogens is 420 g/mol. The third-order valence-corrected chi connectivity index (χ3v) is 5.16. The summed E-state index contributed by atoms with van der Waals surface area (Å²) < 4.78 is 12.3. The van der Waals surface area contributed by atoms with Gasteiger partial charge in [-0.25, -0.2) is 0 Å². The second kappa shape index (κ2) is 8.83. The zero-order valence-electron chi connectivity index (χ0n) is 16.7. The highest BCUT2D eigenvalue weighted by Gasteiger charge is 2.20. The number of para-hydroxylation sites is 1. The Hall–Kier alpha value is -3.93. The Morgan fingerprint density at radius 1 is 1.03 bits per heavy atom. The number of carbonyl (C=O) groups is 1. The fraction of sp³-hybridized carbons (Fsp3) is 0.158. The van der Waals surface area contributed by atoms with Gasteiger partial charge >= 0.3 is 0 Å². The number of thioether (sulfide) groups is 1. The minimum absolute atomic E-state index is 0.0621. The van der Waals surface area contributed by atoms with Gasteiger partial charge in [0.25, 0.3) is 5.95 Å². The van der Waals surface area contributed by atoms with Crippen molar-refractivity contribution in [2.75, 3.05) is 20.0 Å². The van der Waals surface area contributed by atoms with Crippen molar-refractivity contribution in [1.29, 1.82) is 0 Å². The molecule has 0 unspecified atom stereocenters. The van der Waals surface area contributed by atoms with Crippen molar-refractivity contribution in [3.05, 3.63) is 48.5 Å². The van der Waals surface area contributed by atoms with Gasteiger partial charge in [-0.2, -0.15) is 0 Å². The van der Waals surface area contributed by atoms with Crippen molar-refractivity contribution in [2.24, 2.45) is 5.73 Å². The zero-order valence-corrected chi connectivity index (χ0v) is 17.5. The topological polar surface area (TPSA) is 136 Å². The van der Waals surface area contributed by atoms with Crippen molar-refractivity contribution in [1.82, 2.24) is 35.0 Å². The first-order chi connectivity index (χ1) is 15.1. The van der Waals surface area contributed by atoms with Crippen molar-refractivity contribution >= 4 is 17.7 Å². The van der Waals surface area contributed by atoms with Crippen LogP contribution in [-0.2, 0) is 4.79 Å². The van der Waals surface area contributed by atoms with Gasteiger partial charge in [-0.3, -0.25) is 9.36 Å². The number of hydrogen-bond donors (Lipinski definition) is 1. The van der Waals surface area contributed by atoms with E-state index in [1.807, 2.05) is 30.3 Å². The number of rotatable bonds is 8. The summed E-state index contributed by atoms with van der Waals surface area (Å²) in [7, 11) is 3.12. The Balaban J connectivity index is 1.74. The predicted octanol–water partition coefficient (Wildman–Crippen LogP) is 1.50. The van der Waals surface area contributed by atoms with Gasteiger partial charge in [0, 0.05) is 5.56 Å². The SMILES string of the molecule is COc1ccc(-c2nnn(-c3nnc(SCC(N)=O)n3-c3ccccc3)n2)cc1OC. The molecule has 2 heterocycles. The Bertz CT molecular complexity index is 1210. The van der Waals surface area contributed by atoms with E-state index in [9.17, 15) is 4.79 Å². The van der Waals surface area contributed by atoms with Crippen LogP contribution >= 0.6 is 11.8 Å². The van der Waals surface area contributed by atoms with Gasteiger partial charge in [0.05, 0.1) is 25.7 Å². The predicted molar refractivity (Wildman–Crippen MR) is 113 cm³/mol. The van der Waals surface area contributed by atoms with Gasteiger partial charge in [0.1, 0.15) is 0 Å². The van der Waals surface area contributed by atoms with Gasteiger partial charge in [-0.05, 0) is 35.5 Å². The highest BCUT2D eigenvalue weighted by Crippen LogP contribution is 2.31. The summed E-state index contributed by atoms with van der Waals surface area (Å²) in [6, 6.07) is 14.7. The molecule has 0 saturated carbocycles. The Kier molecular flexibility index (Phi) is 5.80. The largest absolute Gasteiger partial charge is 0.493 e. The molecule has 2 N–H and O–H groups in total. The van der Waals surface area contributed by atoms with E-state index < -0.39 is 5.91 Å². The lowest BCUT2D eigenvalue weighted by molar-refractivity contribution is -0.115. The molecule has 0 radical (unpaired) electrons. The second-order valence-electron chi connectivity index (χ2n) is 6.18. The number of aromatic nitrogens is 7. The third-order valence-electron chi connectivity index (χ3n) is 4.21. The molecule has 2 aromatic heterocycles. The zero-order chi connectivity index (χ0) is 21.8. The molecule has 4 aromatic rings. The molecule has 4 rings (SSSR count). The summed E-state index contributed by atoms with van der Waals surface area (Å²) in [5.41, 5.74) is 6.75. The van der Waals surface area contributed by atoms with Crippen LogP contribution in [0.15, 0.2) is 53.7 Å². The van der Waals surface area contributed by atoms with E-state index >= 15 is 0 Å². The first-order valence-corrected chi connectivity index (χ1v) is 10.0. The maximum Gasteiger partial charge on any atom is 0.277 e. The highest BCUT2D eigenvalue weighted by atomic mass is 32.2. The monoisotopic (exact) mass is 438 g/mol. The van der Waals surface area contributed by atoms with Crippen LogP contribution in [0.4, 0.5) is 0 Å². The van der Waals surface area contributed by atoms with Crippen molar-refractivity contribution in [3.8, 4) is 34.5 Å². The third kappa shape index (κ3) is 4.19. The number of methoxy groups -OCH3 is 2. The number of amides is 1. The van der Waals surface area contributed by atoms with E-state index in [-0.39, 0.29) is 5.75 Å². The van der Waals surface area contributed by atoms with Crippen LogP contribution in [0, 0.1) is 0 Å². The summed E-state index contributed by atoms with van der Waals surface area (Å²) in [6.07, 6.45) is 0. The minimum atomic E-state index is -0.455. The molecule has 0 fully saturated rings. The van der Waals surface area contributed by atoms with Crippen LogP contribution in [0.2, 0.25) is 0 Å². The molecule has 0 spiro atoms. The number of nitrogens with zero attached hydrogens (tertiary/aromatic N) is 7. The molecule has 0 saturated heterocycles. The maximum atomic E-state index is 11.2. The molecule has 0 aliphatic rings. The summed E-state index contributed by atoms with van der Waals surface area (Å²) >= 11 is 1.17. The summed E-state index contributed by atoms with van der Waals surface area (Å²) in [6.45, 7) is 0. The van der Waals surface area contributed by atoms with Crippen molar-refractivity contribution < 1.29 is 14.3 Å². The molecule has 0 bridgehead atoms. The first-order valence-electron chi connectivity index (χ1n) is 9.05.